The highest BCUT2D eigenvalue weighted by Crippen LogP contribution is 1.67. The van der Waals surface area contributed by atoms with Gasteiger partial charge in [0, 0.05) is 0 Å². The van der Waals surface area contributed by atoms with E-state index < -0.39 is 0 Å². The summed E-state index contributed by atoms with van der Waals surface area (Å²) in [6.07, 6.45) is 7.66. The van der Waals surface area contributed by atoms with Crippen molar-refractivity contribution < 1.29 is 0 Å². The van der Waals surface area contributed by atoms with Gasteiger partial charge < -0.3 is 0 Å². The van der Waals surface area contributed by atoms with Crippen LogP contribution in [-0.2, 0) is 0 Å². The minimum absolute atomic E-state index is 1.58. The monoisotopic (exact) mass is 79.1 g/mol. The van der Waals surface area contributed by atoms with Crippen molar-refractivity contribution in [2.45, 2.75) is 0 Å². The van der Waals surface area contributed by atoms with Crippen molar-refractivity contribution in [2.24, 2.45) is 0 Å². The smallest absolute Gasteiger partial charge is 0.0190 e. The highest BCUT2D eigenvalue weighted by Gasteiger charge is 1.48. The quantitative estimate of drug-likeness (QED) is 0.442. The van der Waals surface area contributed by atoms with Gasteiger partial charge in [0.25, 0.3) is 0 Å². The standard InChI is InChI=1S/C6H7/c1-3-5-6-4-2/h3-5H,1-2H2. The van der Waals surface area contributed by atoms with E-state index >= 15 is 0 Å². The summed E-state index contributed by atoms with van der Waals surface area (Å²) >= 11 is 0. The molecule has 0 atom stereocenters. The Balaban J connectivity index is 3.17. The van der Waals surface area contributed by atoms with Crippen LogP contribution in [0, 0.1) is 6.08 Å². The molecule has 0 aliphatic rings. The van der Waals surface area contributed by atoms with Gasteiger partial charge in [-0.25, -0.2) is 0 Å². The molecule has 0 aromatic heterocycles. The molecule has 0 bridgehead atoms. The van der Waals surface area contributed by atoms with Crippen molar-refractivity contribution in [3.05, 3.63) is 37.5 Å². The summed E-state index contributed by atoms with van der Waals surface area (Å²) in [4.78, 5) is 0. The lowest BCUT2D eigenvalue weighted by Crippen LogP contribution is -1.40. The Morgan fingerprint density at radius 3 is 2.17 bits per heavy atom. The SMILES string of the molecule is C=C/[C]=C/C=C. The van der Waals surface area contributed by atoms with E-state index in [-0.39, 0.29) is 0 Å². The topological polar surface area (TPSA) is 0 Å². The zero-order valence-corrected chi connectivity index (χ0v) is 3.65. The van der Waals surface area contributed by atoms with Crippen LogP contribution in [0.3, 0.4) is 0 Å². The fourth-order valence-electron chi connectivity index (χ4n) is 0.136. The fourth-order valence-corrected chi connectivity index (χ4v) is 0.136. The van der Waals surface area contributed by atoms with Crippen LogP contribution in [0.1, 0.15) is 0 Å². The summed E-state index contributed by atoms with van der Waals surface area (Å²) in [6.45, 7) is 6.84. The van der Waals surface area contributed by atoms with E-state index in [1.54, 1.807) is 18.2 Å². The van der Waals surface area contributed by atoms with Crippen LogP contribution in [-0.4, -0.2) is 0 Å². The first-order valence-electron chi connectivity index (χ1n) is 1.73. The molecule has 0 saturated heterocycles. The minimum atomic E-state index is 1.58. The van der Waals surface area contributed by atoms with E-state index in [2.05, 4.69) is 19.2 Å². The van der Waals surface area contributed by atoms with Crippen LogP contribution in [0.2, 0.25) is 0 Å². The number of allylic oxidation sites excluding steroid dienone is 4. The van der Waals surface area contributed by atoms with Gasteiger partial charge in [0.1, 0.15) is 0 Å². The summed E-state index contributed by atoms with van der Waals surface area (Å²) in [5.74, 6) is 0. The first-order chi connectivity index (χ1) is 2.91. The maximum absolute atomic E-state index is 3.43. The molecular formula is C6H7. The lowest BCUT2D eigenvalue weighted by molar-refractivity contribution is 1.90. The van der Waals surface area contributed by atoms with E-state index in [1.165, 1.54) is 0 Å². The predicted octanol–water partition coefficient (Wildman–Crippen LogP) is 1.72. The van der Waals surface area contributed by atoms with Gasteiger partial charge in [-0.2, -0.15) is 0 Å². The molecule has 0 N–H and O–H groups in total. The molecule has 0 aliphatic heterocycles. The molecular weight excluding hydrogens is 72.1 g/mol. The summed E-state index contributed by atoms with van der Waals surface area (Å²) in [7, 11) is 0. The molecule has 0 fully saturated rings. The van der Waals surface area contributed by atoms with Crippen molar-refractivity contribution in [1.82, 2.24) is 0 Å². The Hall–Kier alpha value is -0.780. The molecule has 1 radical (unpaired) electrons. The molecule has 0 nitrogen and oxygen atoms in total. The molecule has 0 aliphatic carbocycles. The fraction of sp³-hybridized carbons (Fsp3) is 0. The molecule has 0 heterocycles. The molecule has 31 valence electrons. The van der Waals surface area contributed by atoms with Gasteiger partial charge in [-0.05, 0) is 6.08 Å². The largest absolute Gasteiger partial charge is 0.0990 e. The van der Waals surface area contributed by atoms with Gasteiger partial charge in [0.2, 0.25) is 0 Å². The maximum Gasteiger partial charge on any atom is -0.0190 e. The van der Waals surface area contributed by atoms with Gasteiger partial charge in [-0.3, -0.25) is 0 Å². The molecule has 6 heavy (non-hydrogen) atoms. The van der Waals surface area contributed by atoms with Crippen LogP contribution in [0.25, 0.3) is 0 Å². The predicted molar refractivity (Wildman–Crippen MR) is 28.2 cm³/mol. The van der Waals surface area contributed by atoms with Crippen molar-refractivity contribution in [3.63, 3.8) is 0 Å². The number of hydrogen-bond acceptors (Lipinski definition) is 0. The second kappa shape index (κ2) is 4.22. The summed E-state index contributed by atoms with van der Waals surface area (Å²) < 4.78 is 0. The number of rotatable bonds is 2. The second-order valence-corrected chi connectivity index (χ2v) is 0.773. The molecule has 0 rings (SSSR count). The molecule has 0 saturated carbocycles. The van der Waals surface area contributed by atoms with Crippen molar-refractivity contribution in [3.8, 4) is 0 Å². The van der Waals surface area contributed by atoms with Crippen molar-refractivity contribution in [1.29, 1.82) is 0 Å². The molecule has 0 spiro atoms. The number of hydrogen-bond donors (Lipinski definition) is 0. The van der Waals surface area contributed by atoms with Gasteiger partial charge >= 0.3 is 0 Å². The molecule has 0 unspecified atom stereocenters. The summed E-state index contributed by atoms with van der Waals surface area (Å²) in [5.41, 5.74) is 0. The van der Waals surface area contributed by atoms with E-state index in [0.29, 0.717) is 0 Å². The molecule has 0 heteroatoms. The van der Waals surface area contributed by atoms with Crippen molar-refractivity contribution in [2.75, 3.05) is 0 Å². The van der Waals surface area contributed by atoms with Crippen LogP contribution in [0.4, 0.5) is 0 Å². The minimum Gasteiger partial charge on any atom is -0.0990 e. The van der Waals surface area contributed by atoms with Crippen LogP contribution < -0.4 is 0 Å². The third kappa shape index (κ3) is 3.22. The first-order valence-corrected chi connectivity index (χ1v) is 1.73. The van der Waals surface area contributed by atoms with Crippen molar-refractivity contribution >= 4 is 0 Å². The highest BCUT2D eigenvalue weighted by atomic mass is 13.5. The zero-order chi connectivity index (χ0) is 4.83. The average Bonchev–Trinajstić information content (AvgIpc) is 1.61. The lowest BCUT2D eigenvalue weighted by Gasteiger charge is -1.59. The Labute approximate surface area is 38.5 Å². The zero-order valence-electron chi connectivity index (χ0n) is 3.65. The Morgan fingerprint density at radius 2 is 2.00 bits per heavy atom. The Bertz CT molecular complexity index is 58.1. The average molecular weight is 79.1 g/mol. The van der Waals surface area contributed by atoms with E-state index in [0.717, 1.165) is 0 Å². The third-order valence-electron chi connectivity index (χ3n) is 0.332. The maximum atomic E-state index is 3.43. The lowest BCUT2D eigenvalue weighted by atomic mass is 10.5. The molecule has 0 aromatic carbocycles. The molecule has 0 aromatic rings. The van der Waals surface area contributed by atoms with Crippen LogP contribution >= 0.6 is 0 Å². The normalized spacial score (nSPS) is 8.67. The van der Waals surface area contributed by atoms with Gasteiger partial charge in [-0.1, -0.05) is 31.4 Å². The van der Waals surface area contributed by atoms with Crippen LogP contribution in [0.5, 0.6) is 0 Å². The van der Waals surface area contributed by atoms with Gasteiger partial charge in [-0.15, -0.1) is 0 Å². The van der Waals surface area contributed by atoms with E-state index in [9.17, 15) is 0 Å². The van der Waals surface area contributed by atoms with E-state index in [1.807, 2.05) is 0 Å². The summed E-state index contributed by atoms with van der Waals surface area (Å²) in [6, 6.07) is 0. The molecule has 0 amide bonds. The Morgan fingerprint density at radius 1 is 1.33 bits per heavy atom. The Kier molecular flexibility index (Phi) is 3.67. The summed E-state index contributed by atoms with van der Waals surface area (Å²) in [5, 5.41) is 0. The van der Waals surface area contributed by atoms with Crippen LogP contribution in [0.15, 0.2) is 31.4 Å². The van der Waals surface area contributed by atoms with E-state index in [4.69, 9.17) is 0 Å². The van der Waals surface area contributed by atoms with Gasteiger partial charge in [0.15, 0.2) is 0 Å². The second-order valence-electron chi connectivity index (χ2n) is 0.773. The first kappa shape index (κ1) is 5.22. The van der Waals surface area contributed by atoms with Gasteiger partial charge in [0.05, 0.1) is 0 Å². The third-order valence-corrected chi connectivity index (χ3v) is 0.332. The highest BCUT2D eigenvalue weighted by molar-refractivity contribution is 4.99.